The summed E-state index contributed by atoms with van der Waals surface area (Å²) >= 11 is 6.23. The van der Waals surface area contributed by atoms with Crippen LogP contribution in [0, 0.1) is 5.82 Å². The average Bonchev–Trinajstić information content (AvgIpc) is 2.74. The number of nitrogens with zero attached hydrogens (tertiary/aromatic N) is 2. The topological polar surface area (TPSA) is 47.0 Å². The van der Waals surface area contributed by atoms with Crippen molar-refractivity contribution in [2.75, 3.05) is 0 Å². The van der Waals surface area contributed by atoms with Gasteiger partial charge < -0.3 is 10.1 Å². The molecule has 0 aliphatic heterocycles. The SMILES string of the molecule is Fc1ccc2cc(CNCc3cccnc3)c(OCc3ccccc3Cl)nc2c1. The molecule has 2 heterocycles. The number of nitrogens with one attached hydrogen (secondary N) is 1. The zero-order chi connectivity index (χ0) is 20.1. The molecule has 2 aromatic heterocycles. The number of fused-ring (bicyclic) bond motifs is 1. The lowest BCUT2D eigenvalue weighted by Gasteiger charge is -2.13. The number of halogens is 2. The van der Waals surface area contributed by atoms with E-state index in [1.807, 2.05) is 48.7 Å². The lowest BCUT2D eigenvalue weighted by atomic mass is 10.1. The molecular weight excluding hydrogens is 389 g/mol. The van der Waals surface area contributed by atoms with Crippen molar-refractivity contribution >= 4 is 22.5 Å². The van der Waals surface area contributed by atoms with E-state index in [1.165, 1.54) is 12.1 Å². The van der Waals surface area contributed by atoms with Gasteiger partial charge in [-0.25, -0.2) is 9.37 Å². The van der Waals surface area contributed by atoms with Gasteiger partial charge in [0.1, 0.15) is 12.4 Å². The molecule has 4 nitrogen and oxygen atoms in total. The molecule has 4 aromatic rings. The minimum absolute atomic E-state index is 0.281. The summed E-state index contributed by atoms with van der Waals surface area (Å²) in [5.74, 6) is 0.131. The highest BCUT2D eigenvalue weighted by Gasteiger charge is 2.11. The molecule has 4 rings (SSSR count). The lowest BCUT2D eigenvalue weighted by Crippen LogP contribution is -2.14. The van der Waals surface area contributed by atoms with Crippen molar-refractivity contribution in [3.63, 3.8) is 0 Å². The van der Waals surface area contributed by atoms with E-state index in [-0.39, 0.29) is 12.4 Å². The van der Waals surface area contributed by atoms with Gasteiger partial charge in [0.25, 0.3) is 0 Å². The minimum atomic E-state index is -0.329. The molecule has 0 amide bonds. The van der Waals surface area contributed by atoms with E-state index in [9.17, 15) is 4.39 Å². The molecule has 0 radical (unpaired) electrons. The predicted octanol–water partition coefficient (Wildman–Crippen LogP) is 5.29. The summed E-state index contributed by atoms with van der Waals surface area (Å²) in [5, 5.41) is 4.87. The molecule has 146 valence electrons. The first-order valence-corrected chi connectivity index (χ1v) is 9.62. The van der Waals surface area contributed by atoms with Gasteiger partial charge in [0, 0.05) is 53.1 Å². The Morgan fingerprint density at radius 2 is 1.86 bits per heavy atom. The van der Waals surface area contributed by atoms with Crippen molar-refractivity contribution in [3.05, 3.63) is 101 Å². The van der Waals surface area contributed by atoms with E-state index in [2.05, 4.69) is 15.3 Å². The van der Waals surface area contributed by atoms with Gasteiger partial charge in [-0.3, -0.25) is 4.98 Å². The van der Waals surface area contributed by atoms with E-state index in [1.54, 1.807) is 12.3 Å². The van der Waals surface area contributed by atoms with Crippen molar-refractivity contribution in [2.24, 2.45) is 0 Å². The van der Waals surface area contributed by atoms with Crippen LogP contribution in [-0.4, -0.2) is 9.97 Å². The summed E-state index contributed by atoms with van der Waals surface area (Å²) in [4.78, 5) is 8.67. The molecule has 0 spiro atoms. The Balaban J connectivity index is 1.57. The van der Waals surface area contributed by atoms with Crippen LogP contribution in [0.15, 0.2) is 73.1 Å². The number of rotatable bonds is 7. The molecule has 0 saturated carbocycles. The highest BCUT2D eigenvalue weighted by atomic mass is 35.5. The maximum Gasteiger partial charge on any atom is 0.218 e. The van der Waals surface area contributed by atoms with Crippen LogP contribution in [0.1, 0.15) is 16.7 Å². The number of benzene rings is 2. The van der Waals surface area contributed by atoms with Crippen LogP contribution in [0.4, 0.5) is 4.39 Å². The number of aromatic nitrogens is 2. The fraction of sp³-hybridized carbons (Fsp3) is 0.130. The van der Waals surface area contributed by atoms with E-state index in [4.69, 9.17) is 16.3 Å². The van der Waals surface area contributed by atoms with Crippen molar-refractivity contribution < 1.29 is 9.13 Å². The number of pyridine rings is 2. The van der Waals surface area contributed by atoms with Crippen LogP contribution in [-0.2, 0) is 19.7 Å². The fourth-order valence-electron chi connectivity index (χ4n) is 3.02. The van der Waals surface area contributed by atoms with E-state index < -0.39 is 0 Å². The number of hydrogen-bond acceptors (Lipinski definition) is 4. The Labute approximate surface area is 173 Å². The van der Waals surface area contributed by atoms with Crippen molar-refractivity contribution in [2.45, 2.75) is 19.7 Å². The molecule has 0 aliphatic rings. The molecular formula is C23H19ClFN3O. The second kappa shape index (κ2) is 8.99. The first kappa shape index (κ1) is 19.3. The molecule has 0 fully saturated rings. The smallest absolute Gasteiger partial charge is 0.218 e. The van der Waals surface area contributed by atoms with E-state index >= 15 is 0 Å². The molecule has 0 atom stereocenters. The summed E-state index contributed by atoms with van der Waals surface area (Å²) in [6, 6.07) is 18.0. The van der Waals surface area contributed by atoms with Crippen LogP contribution in [0.25, 0.3) is 10.9 Å². The monoisotopic (exact) mass is 407 g/mol. The highest BCUT2D eigenvalue weighted by Crippen LogP contribution is 2.25. The third-order valence-electron chi connectivity index (χ3n) is 4.51. The Hall–Kier alpha value is -3.02. The molecule has 0 bridgehead atoms. The van der Waals surface area contributed by atoms with Crippen LogP contribution < -0.4 is 10.1 Å². The quantitative estimate of drug-likeness (QED) is 0.452. The van der Waals surface area contributed by atoms with Gasteiger partial charge in [-0.1, -0.05) is 35.9 Å². The standard InChI is InChI=1S/C23H19ClFN3O/c24-21-6-2-1-5-18(21)15-29-23-19(14-27-13-16-4-3-9-26-12-16)10-17-7-8-20(25)11-22(17)28-23/h1-12,27H,13-15H2. The maximum absolute atomic E-state index is 13.6. The number of ether oxygens (including phenoxy) is 1. The second-order valence-electron chi connectivity index (χ2n) is 6.63. The average molecular weight is 408 g/mol. The zero-order valence-electron chi connectivity index (χ0n) is 15.6. The van der Waals surface area contributed by atoms with Crippen LogP contribution >= 0.6 is 11.6 Å². The molecule has 0 saturated heterocycles. The van der Waals surface area contributed by atoms with Crippen LogP contribution in [0.5, 0.6) is 5.88 Å². The molecule has 6 heteroatoms. The van der Waals surface area contributed by atoms with Gasteiger partial charge >= 0.3 is 0 Å². The second-order valence-corrected chi connectivity index (χ2v) is 7.04. The molecule has 2 aromatic carbocycles. The third kappa shape index (κ3) is 4.88. The van der Waals surface area contributed by atoms with Crippen LogP contribution in [0.3, 0.4) is 0 Å². The predicted molar refractivity (Wildman–Crippen MR) is 112 cm³/mol. The summed E-state index contributed by atoms with van der Waals surface area (Å²) < 4.78 is 19.6. The van der Waals surface area contributed by atoms with Gasteiger partial charge in [0.15, 0.2) is 0 Å². The number of hydrogen-bond donors (Lipinski definition) is 1. The van der Waals surface area contributed by atoms with Gasteiger partial charge in [-0.2, -0.15) is 0 Å². The van der Waals surface area contributed by atoms with E-state index in [0.717, 1.165) is 22.1 Å². The third-order valence-corrected chi connectivity index (χ3v) is 4.88. The molecule has 29 heavy (non-hydrogen) atoms. The Bertz CT molecular complexity index is 1120. The first-order valence-electron chi connectivity index (χ1n) is 9.24. The Morgan fingerprint density at radius 1 is 0.966 bits per heavy atom. The lowest BCUT2D eigenvalue weighted by molar-refractivity contribution is 0.291. The summed E-state index contributed by atoms with van der Waals surface area (Å²) in [6.07, 6.45) is 3.57. The summed E-state index contributed by atoms with van der Waals surface area (Å²) in [6.45, 7) is 1.50. The van der Waals surface area contributed by atoms with Crippen molar-refractivity contribution in [3.8, 4) is 5.88 Å². The van der Waals surface area contributed by atoms with Gasteiger partial charge in [-0.05, 0) is 35.9 Å². The van der Waals surface area contributed by atoms with Gasteiger partial charge in [0.2, 0.25) is 5.88 Å². The highest BCUT2D eigenvalue weighted by molar-refractivity contribution is 6.31. The molecule has 0 unspecified atom stereocenters. The Morgan fingerprint density at radius 3 is 2.69 bits per heavy atom. The molecule has 1 N–H and O–H groups in total. The van der Waals surface area contributed by atoms with Crippen molar-refractivity contribution in [1.82, 2.24) is 15.3 Å². The Kier molecular flexibility index (Phi) is 5.98. The van der Waals surface area contributed by atoms with Gasteiger partial charge in [0.05, 0.1) is 5.52 Å². The zero-order valence-corrected chi connectivity index (χ0v) is 16.4. The normalized spacial score (nSPS) is 11.0. The summed E-state index contributed by atoms with van der Waals surface area (Å²) in [7, 11) is 0. The minimum Gasteiger partial charge on any atom is -0.472 e. The van der Waals surface area contributed by atoms with Gasteiger partial charge in [-0.15, -0.1) is 0 Å². The van der Waals surface area contributed by atoms with Crippen molar-refractivity contribution in [1.29, 1.82) is 0 Å². The van der Waals surface area contributed by atoms with E-state index in [0.29, 0.717) is 29.5 Å². The summed E-state index contributed by atoms with van der Waals surface area (Å²) in [5.41, 5.74) is 3.39. The fourth-order valence-corrected chi connectivity index (χ4v) is 3.21. The van der Waals surface area contributed by atoms with Crippen LogP contribution in [0.2, 0.25) is 5.02 Å². The maximum atomic E-state index is 13.6. The largest absolute Gasteiger partial charge is 0.472 e. The molecule has 0 aliphatic carbocycles. The first-order chi connectivity index (χ1) is 14.2.